The van der Waals surface area contributed by atoms with E-state index in [1.54, 1.807) is 18.3 Å². The number of nitrogens with zero attached hydrogens (tertiary/aromatic N) is 2. The molecule has 0 aliphatic heterocycles. The fourth-order valence-corrected chi connectivity index (χ4v) is 1.21. The number of benzene rings is 1. The summed E-state index contributed by atoms with van der Waals surface area (Å²) >= 11 is 0. The van der Waals surface area contributed by atoms with E-state index in [9.17, 15) is 4.39 Å². The van der Waals surface area contributed by atoms with Crippen LogP contribution in [0.25, 0.3) is 10.9 Å². The van der Waals surface area contributed by atoms with Crippen LogP contribution in [0.2, 0.25) is 0 Å². The molecule has 0 spiro atoms. The maximum absolute atomic E-state index is 13.2. The summed E-state index contributed by atoms with van der Waals surface area (Å²) in [6, 6.07) is 6.00. The largest absolute Gasteiger partial charge is 0.254 e. The lowest BCUT2D eigenvalue weighted by atomic mass is 10.2. The van der Waals surface area contributed by atoms with Gasteiger partial charge in [0.05, 0.1) is 0 Å². The van der Waals surface area contributed by atoms with Gasteiger partial charge < -0.3 is 0 Å². The van der Waals surface area contributed by atoms with Crippen LogP contribution in [-0.4, -0.2) is 4.98 Å². The van der Waals surface area contributed by atoms with E-state index in [2.05, 4.69) is 10.1 Å². The Morgan fingerprint density at radius 1 is 1.31 bits per heavy atom. The number of hydrogen-bond donors (Lipinski definition) is 1. The molecule has 1 aromatic carbocycles. The molecule has 1 heterocycles. The molecule has 0 aliphatic carbocycles. The summed E-state index contributed by atoms with van der Waals surface area (Å²) in [5.74, 6) is -0.337. The van der Waals surface area contributed by atoms with Gasteiger partial charge in [0.2, 0.25) is 0 Å². The summed E-state index contributed by atoms with van der Waals surface area (Å²) < 4.78 is 13.2. The van der Waals surface area contributed by atoms with E-state index in [-0.39, 0.29) is 5.82 Å². The fraction of sp³-hybridized carbons (Fsp3) is 0. The summed E-state index contributed by atoms with van der Waals surface area (Å²) in [7, 11) is 0. The van der Waals surface area contributed by atoms with Crippen molar-refractivity contribution in [1.82, 2.24) is 4.98 Å². The minimum Gasteiger partial charge on any atom is -0.254 e. The van der Waals surface area contributed by atoms with E-state index >= 15 is 0 Å². The van der Waals surface area contributed by atoms with Gasteiger partial charge in [0.15, 0.2) is 0 Å². The van der Waals surface area contributed by atoms with Crippen molar-refractivity contribution in [1.29, 1.82) is 5.53 Å². The van der Waals surface area contributed by atoms with Crippen LogP contribution in [-0.2, 0) is 0 Å². The normalized spacial score (nSPS) is 10.2. The van der Waals surface area contributed by atoms with E-state index in [1.807, 2.05) is 0 Å². The van der Waals surface area contributed by atoms with Crippen LogP contribution in [0.15, 0.2) is 35.6 Å². The number of pyridine rings is 1. The molecule has 1 aromatic heterocycles. The molecule has 64 valence electrons. The molecule has 0 radical (unpaired) electrons. The Morgan fingerprint density at radius 3 is 2.92 bits per heavy atom. The second-order valence-corrected chi connectivity index (χ2v) is 2.58. The van der Waals surface area contributed by atoms with Crippen LogP contribution in [0.5, 0.6) is 0 Å². The van der Waals surface area contributed by atoms with Gasteiger partial charge in [-0.15, -0.1) is 0 Å². The molecular weight excluding hydrogens is 169 g/mol. The van der Waals surface area contributed by atoms with Crippen LogP contribution in [0.4, 0.5) is 10.1 Å². The fourth-order valence-electron chi connectivity index (χ4n) is 1.21. The van der Waals surface area contributed by atoms with Crippen molar-refractivity contribution >= 4 is 16.6 Å². The summed E-state index contributed by atoms with van der Waals surface area (Å²) in [6.07, 6.45) is 1.55. The first kappa shape index (κ1) is 7.79. The van der Waals surface area contributed by atoms with E-state index in [0.717, 1.165) is 0 Å². The quantitative estimate of drug-likeness (QED) is 0.665. The standard InChI is InChI=1S/C9H6FN3/c10-7-3-4-8(13-11)9-6(7)2-1-5-12-9/h1-5,11H. The Kier molecular flexibility index (Phi) is 1.73. The molecule has 1 N–H and O–H groups in total. The lowest BCUT2D eigenvalue weighted by Gasteiger charge is -1.99. The van der Waals surface area contributed by atoms with E-state index in [0.29, 0.717) is 16.6 Å². The number of rotatable bonds is 1. The lowest BCUT2D eigenvalue weighted by molar-refractivity contribution is 0.639. The molecule has 0 bridgehead atoms. The van der Waals surface area contributed by atoms with Gasteiger partial charge in [0.25, 0.3) is 0 Å². The predicted molar refractivity (Wildman–Crippen MR) is 46.5 cm³/mol. The van der Waals surface area contributed by atoms with Gasteiger partial charge in [-0.1, -0.05) is 0 Å². The van der Waals surface area contributed by atoms with Gasteiger partial charge in [-0.25, -0.2) is 9.92 Å². The van der Waals surface area contributed by atoms with Crippen LogP contribution in [0, 0.1) is 11.3 Å². The molecule has 0 saturated heterocycles. The minimum absolute atomic E-state index is 0.337. The predicted octanol–water partition coefficient (Wildman–Crippen LogP) is 3.04. The molecule has 13 heavy (non-hydrogen) atoms. The highest BCUT2D eigenvalue weighted by molar-refractivity contribution is 5.88. The zero-order valence-electron chi connectivity index (χ0n) is 6.66. The Labute approximate surface area is 73.7 Å². The van der Waals surface area contributed by atoms with Crippen molar-refractivity contribution in [2.24, 2.45) is 5.11 Å². The number of nitrogens with one attached hydrogen (secondary N) is 1. The Balaban J connectivity index is 2.92. The first-order valence-corrected chi connectivity index (χ1v) is 3.73. The highest BCUT2D eigenvalue weighted by Gasteiger charge is 2.04. The van der Waals surface area contributed by atoms with Gasteiger partial charge in [-0.3, -0.25) is 4.98 Å². The third kappa shape index (κ3) is 1.16. The zero-order chi connectivity index (χ0) is 9.26. The van der Waals surface area contributed by atoms with Crippen LogP contribution in [0.1, 0.15) is 0 Å². The first-order chi connectivity index (χ1) is 6.33. The number of halogens is 1. The van der Waals surface area contributed by atoms with Crippen molar-refractivity contribution in [2.75, 3.05) is 0 Å². The van der Waals surface area contributed by atoms with Crippen LogP contribution >= 0.6 is 0 Å². The second-order valence-electron chi connectivity index (χ2n) is 2.58. The smallest absolute Gasteiger partial charge is 0.132 e. The second kappa shape index (κ2) is 2.90. The minimum atomic E-state index is -0.337. The molecule has 0 amide bonds. The van der Waals surface area contributed by atoms with Gasteiger partial charge >= 0.3 is 0 Å². The van der Waals surface area contributed by atoms with Gasteiger partial charge in [0.1, 0.15) is 17.0 Å². The third-order valence-electron chi connectivity index (χ3n) is 1.82. The molecule has 4 heteroatoms. The van der Waals surface area contributed by atoms with Gasteiger partial charge in [-0.05, 0) is 24.3 Å². The van der Waals surface area contributed by atoms with E-state index in [4.69, 9.17) is 5.53 Å². The molecule has 0 fully saturated rings. The molecule has 2 aromatic rings. The van der Waals surface area contributed by atoms with Crippen LogP contribution in [0.3, 0.4) is 0 Å². The van der Waals surface area contributed by atoms with Crippen molar-refractivity contribution in [3.8, 4) is 0 Å². The molecule has 0 unspecified atom stereocenters. The van der Waals surface area contributed by atoms with Crippen molar-refractivity contribution < 1.29 is 4.39 Å². The van der Waals surface area contributed by atoms with Gasteiger partial charge in [0, 0.05) is 11.6 Å². The summed E-state index contributed by atoms with van der Waals surface area (Å²) in [6.45, 7) is 0. The van der Waals surface area contributed by atoms with Crippen molar-refractivity contribution in [3.63, 3.8) is 0 Å². The molecule has 0 aliphatic rings. The highest BCUT2D eigenvalue weighted by Crippen LogP contribution is 2.25. The molecular formula is C9H6FN3. The molecule has 3 nitrogen and oxygen atoms in total. The SMILES string of the molecule is N=Nc1ccc(F)c2cccnc12. The lowest BCUT2D eigenvalue weighted by Crippen LogP contribution is -1.82. The Bertz CT molecular complexity index is 467. The highest BCUT2D eigenvalue weighted by atomic mass is 19.1. The maximum atomic E-state index is 13.2. The number of aromatic nitrogens is 1. The van der Waals surface area contributed by atoms with Crippen molar-refractivity contribution in [3.05, 3.63) is 36.3 Å². The average Bonchev–Trinajstić information content (AvgIpc) is 2.19. The van der Waals surface area contributed by atoms with Gasteiger partial charge in [-0.2, -0.15) is 5.11 Å². The summed E-state index contributed by atoms with van der Waals surface area (Å²) in [4.78, 5) is 3.96. The van der Waals surface area contributed by atoms with Crippen molar-refractivity contribution in [2.45, 2.75) is 0 Å². The van der Waals surface area contributed by atoms with E-state index < -0.39 is 0 Å². The summed E-state index contributed by atoms with van der Waals surface area (Å²) in [5, 5.41) is 3.66. The Morgan fingerprint density at radius 2 is 2.15 bits per heavy atom. The molecule has 0 saturated carbocycles. The molecule has 0 atom stereocenters. The topological polar surface area (TPSA) is 49.1 Å². The zero-order valence-corrected chi connectivity index (χ0v) is 6.66. The average molecular weight is 175 g/mol. The van der Waals surface area contributed by atoms with E-state index in [1.165, 1.54) is 12.1 Å². The van der Waals surface area contributed by atoms with Crippen LogP contribution < -0.4 is 0 Å². The Hall–Kier alpha value is -1.84. The number of hydrogen-bond acceptors (Lipinski definition) is 3. The monoisotopic (exact) mass is 175 g/mol. The summed E-state index contributed by atoms with van der Waals surface area (Å²) in [5.41, 5.74) is 7.67. The molecule has 2 rings (SSSR count). The first-order valence-electron chi connectivity index (χ1n) is 3.73. The third-order valence-corrected chi connectivity index (χ3v) is 1.82. The number of fused-ring (bicyclic) bond motifs is 1. The maximum Gasteiger partial charge on any atom is 0.132 e.